The number of nitrogens with one attached hydrogen (secondary N) is 1. The molecular weight excluding hydrogens is 370 g/mol. The quantitative estimate of drug-likeness (QED) is 0.843. The Balaban J connectivity index is 1.48. The monoisotopic (exact) mass is 397 g/mol. The van der Waals surface area contributed by atoms with Crippen LogP contribution in [0.3, 0.4) is 0 Å². The van der Waals surface area contributed by atoms with Gasteiger partial charge in [0.2, 0.25) is 0 Å². The third-order valence-corrected chi connectivity index (χ3v) is 5.87. The largest absolute Gasteiger partial charge is 0.497 e. The molecule has 3 heterocycles. The number of hydrogen-bond donors (Lipinski definition) is 1. The lowest BCUT2D eigenvalue weighted by Gasteiger charge is -2.34. The van der Waals surface area contributed by atoms with Crippen molar-refractivity contribution in [3.8, 4) is 5.75 Å². The summed E-state index contributed by atoms with van der Waals surface area (Å²) < 4.78 is 5.16. The lowest BCUT2D eigenvalue weighted by atomic mass is 10.0. The fraction of sp³-hybridized carbons (Fsp3) is 0.476. The van der Waals surface area contributed by atoms with E-state index >= 15 is 0 Å². The fourth-order valence-electron chi connectivity index (χ4n) is 3.98. The number of rotatable bonds is 4. The molecule has 0 unspecified atom stereocenters. The summed E-state index contributed by atoms with van der Waals surface area (Å²) in [6.45, 7) is 7.33. The standard InChI is InChI=1S/C21H27N5O3/c1-3-24-10-12-25(13-11-24)21(28)19-17-14-26(9-8-18(17)22-23-19)20(27)15-4-6-16(29-2)7-5-15/h4-7H,3,8-14H2,1-2H3,(H,22,23). The highest BCUT2D eigenvalue weighted by molar-refractivity contribution is 5.96. The Labute approximate surface area is 170 Å². The van der Waals surface area contributed by atoms with Gasteiger partial charge in [-0.3, -0.25) is 14.7 Å². The predicted octanol–water partition coefficient (Wildman–Crippen LogP) is 1.39. The maximum atomic E-state index is 13.1. The zero-order chi connectivity index (χ0) is 20.4. The number of nitrogens with zero attached hydrogens (tertiary/aromatic N) is 4. The second-order valence-electron chi connectivity index (χ2n) is 7.46. The second-order valence-corrected chi connectivity index (χ2v) is 7.46. The number of benzene rings is 1. The van der Waals surface area contributed by atoms with E-state index in [1.807, 2.05) is 4.90 Å². The van der Waals surface area contributed by atoms with E-state index in [4.69, 9.17) is 4.74 Å². The first-order valence-electron chi connectivity index (χ1n) is 10.1. The third kappa shape index (κ3) is 3.85. The number of carbonyl (C=O) groups excluding carboxylic acids is 2. The number of hydrogen-bond acceptors (Lipinski definition) is 5. The van der Waals surface area contributed by atoms with Crippen LogP contribution < -0.4 is 4.74 Å². The van der Waals surface area contributed by atoms with Crippen molar-refractivity contribution >= 4 is 11.8 Å². The summed E-state index contributed by atoms with van der Waals surface area (Å²) in [5.41, 5.74) is 2.87. The lowest BCUT2D eigenvalue weighted by Crippen LogP contribution is -2.48. The molecule has 154 valence electrons. The molecule has 8 nitrogen and oxygen atoms in total. The molecule has 1 saturated heterocycles. The van der Waals surface area contributed by atoms with Crippen molar-refractivity contribution in [3.05, 3.63) is 46.8 Å². The van der Waals surface area contributed by atoms with Gasteiger partial charge in [0, 0.05) is 56.0 Å². The van der Waals surface area contributed by atoms with Gasteiger partial charge in [-0.1, -0.05) is 6.92 Å². The fourth-order valence-corrected chi connectivity index (χ4v) is 3.98. The summed E-state index contributed by atoms with van der Waals surface area (Å²) in [6.07, 6.45) is 0.668. The summed E-state index contributed by atoms with van der Waals surface area (Å²) in [6, 6.07) is 7.10. The van der Waals surface area contributed by atoms with Crippen LogP contribution in [0.4, 0.5) is 0 Å². The van der Waals surface area contributed by atoms with Crippen LogP contribution in [0.5, 0.6) is 5.75 Å². The van der Waals surface area contributed by atoms with E-state index in [0.29, 0.717) is 49.6 Å². The molecule has 29 heavy (non-hydrogen) atoms. The van der Waals surface area contributed by atoms with Gasteiger partial charge in [-0.25, -0.2) is 0 Å². The number of carbonyl (C=O) groups is 2. The lowest BCUT2D eigenvalue weighted by molar-refractivity contribution is 0.0629. The number of fused-ring (bicyclic) bond motifs is 1. The Bertz CT molecular complexity index is 884. The maximum Gasteiger partial charge on any atom is 0.274 e. The Hall–Kier alpha value is -2.87. The van der Waals surface area contributed by atoms with E-state index in [2.05, 4.69) is 22.0 Å². The van der Waals surface area contributed by atoms with Crippen molar-refractivity contribution in [2.75, 3.05) is 46.4 Å². The third-order valence-electron chi connectivity index (χ3n) is 5.87. The number of piperazine rings is 1. The molecule has 2 aromatic rings. The molecule has 0 aliphatic carbocycles. The molecule has 0 spiro atoms. The Morgan fingerprint density at radius 2 is 1.76 bits per heavy atom. The molecule has 1 N–H and O–H groups in total. The van der Waals surface area contributed by atoms with Crippen LogP contribution >= 0.6 is 0 Å². The minimum Gasteiger partial charge on any atom is -0.497 e. The van der Waals surface area contributed by atoms with Crippen LogP contribution in [0.25, 0.3) is 0 Å². The number of aromatic amines is 1. The van der Waals surface area contributed by atoms with Gasteiger partial charge < -0.3 is 19.4 Å². The minimum absolute atomic E-state index is 0.0444. The molecule has 0 saturated carbocycles. The van der Waals surface area contributed by atoms with Gasteiger partial charge in [-0.2, -0.15) is 5.10 Å². The summed E-state index contributed by atoms with van der Waals surface area (Å²) in [5.74, 6) is 0.625. The molecule has 4 rings (SSSR count). The van der Waals surface area contributed by atoms with Crippen molar-refractivity contribution in [2.45, 2.75) is 19.9 Å². The summed E-state index contributed by atoms with van der Waals surface area (Å²) in [7, 11) is 1.60. The number of H-pyrrole nitrogens is 1. The Morgan fingerprint density at radius 3 is 2.41 bits per heavy atom. The van der Waals surface area contributed by atoms with Crippen molar-refractivity contribution < 1.29 is 14.3 Å². The first-order chi connectivity index (χ1) is 14.1. The molecule has 2 aliphatic heterocycles. The van der Waals surface area contributed by atoms with Crippen molar-refractivity contribution in [3.63, 3.8) is 0 Å². The number of amides is 2. The highest BCUT2D eigenvalue weighted by Crippen LogP contribution is 2.24. The normalized spacial score (nSPS) is 17.2. The van der Waals surface area contributed by atoms with E-state index in [-0.39, 0.29) is 11.8 Å². The molecule has 2 aliphatic rings. The molecule has 0 bridgehead atoms. The van der Waals surface area contributed by atoms with Crippen LogP contribution in [0.15, 0.2) is 24.3 Å². The van der Waals surface area contributed by atoms with Crippen molar-refractivity contribution in [2.24, 2.45) is 0 Å². The Kier molecular flexibility index (Phi) is 5.53. The summed E-state index contributed by atoms with van der Waals surface area (Å²) in [5, 5.41) is 7.34. The average Bonchev–Trinajstić information content (AvgIpc) is 3.21. The zero-order valence-corrected chi connectivity index (χ0v) is 17.0. The molecule has 2 amide bonds. The topological polar surface area (TPSA) is 81.8 Å². The number of aromatic nitrogens is 2. The molecule has 0 atom stereocenters. The predicted molar refractivity (Wildman–Crippen MR) is 108 cm³/mol. The SMILES string of the molecule is CCN1CCN(C(=O)c2n[nH]c3c2CN(C(=O)c2ccc(OC)cc2)CC3)CC1. The van der Waals surface area contributed by atoms with Gasteiger partial charge in [0.05, 0.1) is 13.7 Å². The van der Waals surface area contributed by atoms with Crippen LogP contribution in [0.2, 0.25) is 0 Å². The van der Waals surface area contributed by atoms with Gasteiger partial charge in [0.15, 0.2) is 5.69 Å². The van der Waals surface area contributed by atoms with Gasteiger partial charge >= 0.3 is 0 Å². The smallest absolute Gasteiger partial charge is 0.274 e. The molecular formula is C21H27N5O3. The minimum atomic E-state index is -0.0468. The van der Waals surface area contributed by atoms with E-state index in [1.54, 1.807) is 36.3 Å². The Morgan fingerprint density at radius 1 is 1.03 bits per heavy atom. The van der Waals surface area contributed by atoms with Gasteiger partial charge in [0.25, 0.3) is 11.8 Å². The van der Waals surface area contributed by atoms with Gasteiger partial charge in [-0.05, 0) is 30.8 Å². The van der Waals surface area contributed by atoms with Crippen molar-refractivity contribution in [1.29, 1.82) is 0 Å². The van der Waals surface area contributed by atoms with Gasteiger partial charge in [-0.15, -0.1) is 0 Å². The van der Waals surface area contributed by atoms with E-state index in [0.717, 1.165) is 30.9 Å². The first-order valence-corrected chi connectivity index (χ1v) is 10.1. The van der Waals surface area contributed by atoms with Gasteiger partial charge in [0.1, 0.15) is 5.75 Å². The molecule has 1 aromatic carbocycles. The highest BCUT2D eigenvalue weighted by Gasteiger charge is 2.31. The van der Waals surface area contributed by atoms with Crippen LogP contribution in [-0.2, 0) is 13.0 Å². The zero-order valence-electron chi connectivity index (χ0n) is 17.0. The van der Waals surface area contributed by atoms with Crippen LogP contribution in [0, 0.1) is 0 Å². The highest BCUT2D eigenvalue weighted by atomic mass is 16.5. The second kappa shape index (κ2) is 8.24. The molecule has 0 radical (unpaired) electrons. The maximum absolute atomic E-state index is 13.1. The number of ether oxygens (including phenoxy) is 1. The van der Waals surface area contributed by atoms with Crippen LogP contribution in [0.1, 0.15) is 39.0 Å². The average molecular weight is 397 g/mol. The van der Waals surface area contributed by atoms with Crippen molar-refractivity contribution in [1.82, 2.24) is 24.9 Å². The first kappa shape index (κ1) is 19.4. The van der Waals surface area contributed by atoms with Crippen LogP contribution in [-0.4, -0.2) is 83.1 Å². The summed E-state index contributed by atoms with van der Waals surface area (Å²) >= 11 is 0. The summed E-state index contributed by atoms with van der Waals surface area (Å²) in [4.78, 5) is 32.0. The van der Waals surface area contributed by atoms with E-state index in [9.17, 15) is 9.59 Å². The number of methoxy groups -OCH3 is 1. The molecule has 1 fully saturated rings. The van der Waals surface area contributed by atoms with E-state index in [1.165, 1.54) is 0 Å². The van der Waals surface area contributed by atoms with E-state index < -0.39 is 0 Å². The molecule has 1 aromatic heterocycles. The molecule has 8 heteroatoms. The number of likely N-dealkylation sites (N-methyl/N-ethyl adjacent to an activating group) is 1.